The molecule has 152 valence electrons. The molecule has 3 aromatic heterocycles. The Morgan fingerprint density at radius 3 is 2.70 bits per heavy atom. The number of nitrogens with one attached hydrogen (secondary N) is 2. The van der Waals surface area contributed by atoms with Gasteiger partial charge in [0.2, 0.25) is 5.91 Å². The predicted molar refractivity (Wildman–Crippen MR) is 120 cm³/mol. The van der Waals surface area contributed by atoms with E-state index in [1.165, 1.54) is 11.3 Å². The molecular formula is C23H22N4O2S. The van der Waals surface area contributed by atoms with E-state index in [0.29, 0.717) is 24.9 Å². The summed E-state index contributed by atoms with van der Waals surface area (Å²) in [5.74, 6) is -0.176. The van der Waals surface area contributed by atoms with E-state index in [1.807, 2.05) is 65.5 Å². The molecule has 0 aliphatic heterocycles. The Hall–Kier alpha value is -3.45. The second kappa shape index (κ2) is 8.92. The molecule has 0 aliphatic rings. The second-order valence-corrected chi connectivity index (χ2v) is 7.83. The lowest BCUT2D eigenvalue weighted by molar-refractivity contribution is -0.116. The number of anilines is 1. The van der Waals surface area contributed by atoms with Crippen molar-refractivity contribution in [3.63, 3.8) is 0 Å². The molecule has 0 spiro atoms. The van der Waals surface area contributed by atoms with E-state index in [1.54, 1.807) is 11.4 Å². The molecule has 0 saturated heterocycles. The van der Waals surface area contributed by atoms with Crippen LogP contribution < -0.4 is 10.6 Å². The van der Waals surface area contributed by atoms with Crippen LogP contribution in [-0.4, -0.2) is 27.7 Å². The van der Waals surface area contributed by atoms with E-state index in [4.69, 9.17) is 4.98 Å². The van der Waals surface area contributed by atoms with Crippen LogP contribution in [0.3, 0.4) is 0 Å². The summed E-state index contributed by atoms with van der Waals surface area (Å²) in [6, 6.07) is 13.5. The van der Waals surface area contributed by atoms with Crippen molar-refractivity contribution < 1.29 is 9.59 Å². The van der Waals surface area contributed by atoms with E-state index in [2.05, 4.69) is 10.6 Å². The van der Waals surface area contributed by atoms with Crippen LogP contribution in [0.15, 0.2) is 65.6 Å². The van der Waals surface area contributed by atoms with Crippen LogP contribution in [0.1, 0.15) is 28.8 Å². The minimum absolute atomic E-state index is 0.0733. The number of fused-ring (bicyclic) bond motifs is 1. The molecule has 0 radical (unpaired) electrons. The van der Waals surface area contributed by atoms with Crippen LogP contribution in [0.5, 0.6) is 0 Å². The van der Waals surface area contributed by atoms with Crippen molar-refractivity contribution >= 4 is 34.5 Å². The average Bonchev–Trinajstić information content (AvgIpc) is 3.42. The number of carbonyl (C=O) groups excluding carboxylic acids is 2. The lowest BCUT2D eigenvalue weighted by Crippen LogP contribution is -2.25. The standard InChI is InChI=1S/C23H22N4O2S/c1-16-4-3-12-27-14-20(26-22(16)27)17-6-8-19(9-7-17)25-21(28)5-2-11-24-23(29)18-10-13-30-15-18/h3-4,6-10,12-15H,2,5,11H2,1H3,(H,24,29)(H,25,28). The van der Waals surface area contributed by atoms with E-state index in [0.717, 1.165) is 28.2 Å². The highest BCUT2D eigenvalue weighted by atomic mass is 32.1. The number of carbonyl (C=O) groups is 2. The lowest BCUT2D eigenvalue weighted by atomic mass is 10.1. The Bertz CT molecular complexity index is 1160. The van der Waals surface area contributed by atoms with Gasteiger partial charge in [-0.25, -0.2) is 4.98 Å². The maximum atomic E-state index is 12.2. The number of imidazole rings is 1. The van der Waals surface area contributed by atoms with Crippen molar-refractivity contribution in [1.29, 1.82) is 0 Å². The molecular weight excluding hydrogens is 396 g/mol. The van der Waals surface area contributed by atoms with Gasteiger partial charge in [0.1, 0.15) is 5.65 Å². The third kappa shape index (κ3) is 4.58. The first-order valence-electron chi connectivity index (χ1n) is 9.75. The van der Waals surface area contributed by atoms with Gasteiger partial charge in [0.05, 0.1) is 5.69 Å². The lowest BCUT2D eigenvalue weighted by Gasteiger charge is -2.07. The van der Waals surface area contributed by atoms with Crippen molar-refractivity contribution in [3.05, 3.63) is 76.7 Å². The number of pyridine rings is 1. The van der Waals surface area contributed by atoms with Crippen LogP contribution in [0.25, 0.3) is 16.9 Å². The normalized spacial score (nSPS) is 10.8. The fourth-order valence-electron chi connectivity index (χ4n) is 3.19. The molecule has 0 aliphatic carbocycles. The largest absolute Gasteiger partial charge is 0.352 e. The highest BCUT2D eigenvalue weighted by Crippen LogP contribution is 2.22. The summed E-state index contributed by atoms with van der Waals surface area (Å²) in [4.78, 5) is 28.7. The van der Waals surface area contributed by atoms with Crippen LogP contribution in [0.4, 0.5) is 5.69 Å². The summed E-state index contributed by atoms with van der Waals surface area (Å²) < 4.78 is 2.01. The molecule has 0 unspecified atom stereocenters. The number of hydrogen-bond acceptors (Lipinski definition) is 4. The van der Waals surface area contributed by atoms with Gasteiger partial charge in [-0.05, 0) is 48.6 Å². The zero-order valence-electron chi connectivity index (χ0n) is 16.6. The molecule has 4 aromatic rings. The molecule has 0 saturated carbocycles. The van der Waals surface area contributed by atoms with Gasteiger partial charge in [-0.1, -0.05) is 18.2 Å². The topological polar surface area (TPSA) is 75.5 Å². The van der Waals surface area contributed by atoms with Crippen molar-refractivity contribution in [1.82, 2.24) is 14.7 Å². The Balaban J connectivity index is 1.28. The van der Waals surface area contributed by atoms with Gasteiger partial charge in [-0.3, -0.25) is 9.59 Å². The predicted octanol–water partition coefficient (Wildman–Crippen LogP) is 4.52. The van der Waals surface area contributed by atoms with E-state index in [-0.39, 0.29) is 11.8 Å². The highest BCUT2D eigenvalue weighted by Gasteiger charge is 2.08. The first kappa shape index (κ1) is 19.8. The molecule has 4 rings (SSSR count). The van der Waals surface area contributed by atoms with E-state index in [9.17, 15) is 9.59 Å². The minimum Gasteiger partial charge on any atom is -0.352 e. The molecule has 1 aromatic carbocycles. The Labute approximate surface area is 178 Å². The van der Waals surface area contributed by atoms with Crippen molar-refractivity contribution in [2.45, 2.75) is 19.8 Å². The van der Waals surface area contributed by atoms with Gasteiger partial charge in [0.15, 0.2) is 0 Å². The third-order valence-corrected chi connectivity index (χ3v) is 5.48. The molecule has 2 N–H and O–H groups in total. The maximum Gasteiger partial charge on any atom is 0.252 e. The molecule has 0 atom stereocenters. The molecule has 6 nitrogen and oxygen atoms in total. The molecule has 7 heteroatoms. The van der Waals surface area contributed by atoms with Crippen LogP contribution >= 0.6 is 11.3 Å². The van der Waals surface area contributed by atoms with Crippen molar-refractivity contribution in [2.24, 2.45) is 0 Å². The van der Waals surface area contributed by atoms with Crippen LogP contribution in [0, 0.1) is 6.92 Å². The molecule has 30 heavy (non-hydrogen) atoms. The number of aryl methyl sites for hydroxylation is 1. The fraction of sp³-hybridized carbons (Fsp3) is 0.174. The zero-order chi connectivity index (χ0) is 20.9. The summed E-state index contributed by atoms with van der Waals surface area (Å²) in [5.41, 5.74) is 5.35. The number of benzene rings is 1. The van der Waals surface area contributed by atoms with Gasteiger partial charge in [0.25, 0.3) is 5.91 Å². The maximum absolute atomic E-state index is 12.2. The number of nitrogens with zero attached hydrogens (tertiary/aromatic N) is 2. The Morgan fingerprint density at radius 1 is 1.13 bits per heavy atom. The quantitative estimate of drug-likeness (QED) is 0.433. The summed E-state index contributed by atoms with van der Waals surface area (Å²) >= 11 is 1.48. The summed E-state index contributed by atoms with van der Waals surface area (Å²) in [5, 5.41) is 9.39. The number of aromatic nitrogens is 2. The van der Waals surface area contributed by atoms with Gasteiger partial charge >= 0.3 is 0 Å². The minimum atomic E-state index is -0.102. The van der Waals surface area contributed by atoms with Crippen LogP contribution in [0.2, 0.25) is 0 Å². The molecule has 0 fully saturated rings. The molecule has 0 bridgehead atoms. The second-order valence-electron chi connectivity index (χ2n) is 7.05. The number of rotatable bonds is 7. The summed E-state index contributed by atoms with van der Waals surface area (Å²) in [6.07, 6.45) is 4.91. The van der Waals surface area contributed by atoms with Gasteiger partial charge < -0.3 is 15.0 Å². The first-order chi connectivity index (χ1) is 14.6. The summed E-state index contributed by atoms with van der Waals surface area (Å²) in [7, 11) is 0. The number of hydrogen-bond donors (Lipinski definition) is 2. The van der Waals surface area contributed by atoms with Gasteiger partial charge in [-0.15, -0.1) is 0 Å². The van der Waals surface area contributed by atoms with Gasteiger partial charge in [-0.2, -0.15) is 11.3 Å². The monoisotopic (exact) mass is 418 g/mol. The summed E-state index contributed by atoms with van der Waals surface area (Å²) in [6.45, 7) is 2.51. The molecule has 3 heterocycles. The number of amides is 2. The van der Waals surface area contributed by atoms with Crippen molar-refractivity contribution in [3.8, 4) is 11.3 Å². The van der Waals surface area contributed by atoms with Crippen molar-refractivity contribution in [2.75, 3.05) is 11.9 Å². The Kier molecular flexibility index (Phi) is 5.90. The highest BCUT2D eigenvalue weighted by molar-refractivity contribution is 7.08. The zero-order valence-corrected chi connectivity index (χ0v) is 17.4. The van der Waals surface area contributed by atoms with E-state index >= 15 is 0 Å². The number of thiophene rings is 1. The smallest absolute Gasteiger partial charge is 0.252 e. The van der Waals surface area contributed by atoms with Gasteiger partial charge in [0, 0.05) is 47.6 Å². The third-order valence-electron chi connectivity index (χ3n) is 4.79. The molecule has 2 amide bonds. The first-order valence-corrected chi connectivity index (χ1v) is 10.7. The average molecular weight is 419 g/mol. The van der Waals surface area contributed by atoms with Crippen LogP contribution in [-0.2, 0) is 4.79 Å². The SMILES string of the molecule is Cc1cccn2cc(-c3ccc(NC(=O)CCCNC(=O)c4ccsc4)cc3)nc12. The Morgan fingerprint density at radius 2 is 1.97 bits per heavy atom. The van der Waals surface area contributed by atoms with E-state index < -0.39 is 0 Å². The fourth-order valence-corrected chi connectivity index (χ4v) is 3.82.